The fourth-order valence-corrected chi connectivity index (χ4v) is 2.82. The maximum atomic E-state index is 13.0. The Morgan fingerprint density at radius 3 is 1.05 bits per heavy atom. The molecular weight excluding hydrogens is 322 g/mol. The number of benzene rings is 2. The number of rotatable bonds is 2. The standard InChI is InChI=1S/C12H4F6O2S/c13-7-1-5(2-8(14)11(7)17)21(19,20)6-3-9(15)12(18)10(16)4-6/h1-4H. The van der Waals surface area contributed by atoms with E-state index in [1.54, 1.807) is 0 Å². The lowest BCUT2D eigenvalue weighted by Gasteiger charge is -2.07. The molecule has 0 unspecified atom stereocenters. The van der Waals surface area contributed by atoms with Gasteiger partial charge < -0.3 is 0 Å². The summed E-state index contributed by atoms with van der Waals surface area (Å²) in [5, 5.41) is 0. The summed E-state index contributed by atoms with van der Waals surface area (Å²) in [6.07, 6.45) is 0. The van der Waals surface area contributed by atoms with Crippen molar-refractivity contribution >= 4 is 9.84 Å². The van der Waals surface area contributed by atoms with Gasteiger partial charge in [-0.3, -0.25) is 0 Å². The second kappa shape index (κ2) is 5.06. The lowest BCUT2D eigenvalue weighted by Crippen LogP contribution is -2.07. The van der Waals surface area contributed by atoms with E-state index < -0.39 is 54.5 Å². The Hall–Kier alpha value is -2.03. The third-order valence-electron chi connectivity index (χ3n) is 2.54. The minimum Gasteiger partial charge on any atom is -0.219 e. The molecule has 0 aliphatic rings. The van der Waals surface area contributed by atoms with E-state index in [1.165, 1.54) is 0 Å². The minimum atomic E-state index is -4.76. The van der Waals surface area contributed by atoms with Gasteiger partial charge in [0.25, 0.3) is 0 Å². The van der Waals surface area contributed by atoms with Crippen LogP contribution in [0.2, 0.25) is 0 Å². The summed E-state index contributed by atoms with van der Waals surface area (Å²) in [7, 11) is -4.76. The van der Waals surface area contributed by atoms with Gasteiger partial charge in [-0.05, 0) is 24.3 Å². The Balaban J connectivity index is 2.68. The van der Waals surface area contributed by atoms with E-state index in [9.17, 15) is 34.8 Å². The predicted molar refractivity (Wildman–Crippen MR) is 58.1 cm³/mol. The van der Waals surface area contributed by atoms with Crippen LogP contribution in [-0.4, -0.2) is 8.42 Å². The monoisotopic (exact) mass is 326 g/mol. The number of halogens is 6. The van der Waals surface area contributed by atoms with Crippen molar-refractivity contribution in [2.75, 3.05) is 0 Å². The molecule has 0 spiro atoms. The van der Waals surface area contributed by atoms with Crippen molar-refractivity contribution in [2.24, 2.45) is 0 Å². The second-order valence-electron chi connectivity index (χ2n) is 3.91. The smallest absolute Gasteiger partial charge is 0.207 e. The van der Waals surface area contributed by atoms with Crippen LogP contribution in [0, 0.1) is 34.9 Å². The van der Waals surface area contributed by atoms with Crippen LogP contribution in [-0.2, 0) is 9.84 Å². The van der Waals surface area contributed by atoms with Crippen LogP contribution in [0.4, 0.5) is 26.3 Å². The summed E-state index contributed by atoms with van der Waals surface area (Å²) in [6, 6.07) is 0.583. The van der Waals surface area contributed by atoms with Crippen molar-refractivity contribution in [3.05, 3.63) is 59.2 Å². The highest BCUT2D eigenvalue weighted by Gasteiger charge is 2.25. The fourth-order valence-electron chi connectivity index (χ4n) is 1.51. The molecule has 21 heavy (non-hydrogen) atoms. The molecule has 9 heteroatoms. The molecule has 0 fully saturated rings. The summed E-state index contributed by atoms with van der Waals surface area (Å²) >= 11 is 0. The van der Waals surface area contributed by atoms with Gasteiger partial charge in [-0.1, -0.05) is 0 Å². The quantitative estimate of drug-likeness (QED) is 0.482. The van der Waals surface area contributed by atoms with E-state index in [4.69, 9.17) is 0 Å². The average Bonchev–Trinajstić information content (AvgIpc) is 2.40. The Bertz CT molecular complexity index is 722. The molecular formula is C12H4F6O2S. The van der Waals surface area contributed by atoms with Crippen LogP contribution in [0.3, 0.4) is 0 Å². The first kappa shape index (κ1) is 15.4. The normalized spacial score (nSPS) is 11.7. The summed E-state index contributed by atoms with van der Waals surface area (Å²) < 4.78 is 102. The zero-order valence-corrected chi connectivity index (χ0v) is 10.6. The van der Waals surface area contributed by atoms with Gasteiger partial charge in [-0.25, -0.2) is 34.8 Å². The summed E-state index contributed by atoms with van der Waals surface area (Å²) in [5.41, 5.74) is 0. The van der Waals surface area contributed by atoms with Gasteiger partial charge in [0.15, 0.2) is 34.9 Å². The zero-order valence-electron chi connectivity index (χ0n) is 9.80. The van der Waals surface area contributed by atoms with Crippen molar-refractivity contribution in [3.63, 3.8) is 0 Å². The van der Waals surface area contributed by atoms with Gasteiger partial charge in [-0.15, -0.1) is 0 Å². The highest BCUT2D eigenvalue weighted by molar-refractivity contribution is 7.91. The fraction of sp³-hybridized carbons (Fsp3) is 0. The van der Waals surface area contributed by atoms with Crippen molar-refractivity contribution in [3.8, 4) is 0 Å². The highest BCUT2D eigenvalue weighted by Crippen LogP contribution is 2.26. The van der Waals surface area contributed by atoms with Crippen LogP contribution in [0.15, 0.2) is 34.1 Å². The van der Waals surface area contributed by atoms with Gasteiger partial charge >= 0.3 is 0 Å². The van der Waals surface area contributed by atoms with Crippen LogP contribution < -0.4 is 0 Å². The summed E-state index contributed by atoms with van der Waals surface area (Å²) in [4.78, 5) is -2.13. The Morgan fingerprint density at radius 1 is 0.571 bits per heavy atom. The summed E-state index contributed by atoms with van der Waals surface area (Å²) in [6.45, 7) is 0. The van der Waals surface area contributed by atoms with Crippen LogP contribution in [0.25, 0.3) is 0 Å². The van der Waals surface area contributed by atoms with E-state index in [1.807, 2.05) is 0 Å². The molecule has 0 amide bonds. The van der Waals surface area contributed by atoms with E-state index in [2.05, 4.69) is 0 Å². The molecule has 0 saturated carbocycles. The highest BCUT2D eigenvalue weighted by atomic mass is 32.2. The molecule has 0 radical (unpaired) electrons. The molecule has 2 nitrogen and oxygen atoms in total. The SMILES string of the molecule is O=S(=O)(c1cc(F)c(F)c(F)c1)c1cc(F)c(F)c(F)c1. The molecule has 0 heterocycles. The van der Waals surface area contributed by atoms with Crippen LogP contribution >= 0.6 is 0 Å². The molecule has 0 aromatic heterocycles. The molecule has 112 valence electrons. The third kappa shape index (κ3) is 2.60. The van der Waals surface area contributed by atoms with E-state index in [0.29, 0.717) is 0 Å². The van der Waals surface area contributed by atoms with Crippen molar-refractivity contribution in [1.29, 1.82) is 0 Å². The lowest BCUT2D eigenvalue weighted by molar-refractivity contribution is 0.440. The first-order valence-corrected chi connectivity index (χ1v) is 6.67. The number of hydrogen-bond acceptors (Lipinski definition) is 2. The lowest BCUT2D eigenvalue weighted by atomic mass is 10.3. The molecule has 2 rings (SSSR count). The number of sulfone groups is 1. The zero-order chi connectivity index (χ0) is 15.9. The Morgan fingerprint density at radius 2 is 0.810 bits per heavy atom. The largest absolute Gasteiger partial charge is 0.219 e. The third-order valence-corrected chi connectivity index (χ3v) is 4.25. The van der Waals surface area contributed by atoms with Gasteiger partial charge in [0, 0.05) is 0 Å². The van der Waals surface area contributed by atoms with Crippen molar-refractivity contribution in [2.45, 2.75) is 9.79 Å². The van der Waals surface area contributed by atoms with Gasteiger partial charge in [0.1, 0.15) is 0 Å². The first-order chi connectivity index (χ1) is 9.64. The Labute approximate surface area is 114 Å². The predicted octanol–water partition coefficient (Wildman–Crippen LogP) is 3.35. The van der Waals surface area contributed by atoms with Crippen LogP contribution in [0.5, 0.6) is 0 Å². The molecule has 0 saturated heterocycles. The molecule has 0 N–H and O–H groups in total. The molecule has 2 aromatic rings. The topological polar surface area (TPSA) is 34.1 Å². The molecule has 0 atom stereocenters. The minimum absolute atomic E-state index is 0.146. The van der Waals surface area contributed by atoms with Gasteiger partial charge in [0.2, 0.25) is 9.84 Å². The summed E-state index contributed by atoms with van der Waals surface area (Å²) in [5.74, 6) is -11.0. The molecule has 0 aliphatic carbocycles. The van der Waals surface area contributed by atoms with Gasteiger partial charge in [0.05, 0.1) is 9.79 Å². The maximum absolute atomic E-state index is 13.0. The molecule has 0 aliphatic heterocycles. The van der Waals surface area contributed by atoms with Crippen molar-refractivity contribution < 1.29 is 34.8 Å². The average molecular weight is 326 g/mol. The van der Waals surface area contributed by atoms with E-state index >= 15 is 0 Å². The van der Waals surface area contributed by atoms with E-state index in [-0.39, 0.29) is 24.3 Å². The maximum Gasteiger partial charge on any atom is 0.207 e. The van der Waals surface area contributed by atoms with Crippen LogP contribution in [0.1, 0.15) is 0 Å². The number of hydrogen-bond donors (Lipinski definition) is 0. The van der Waals surface area contributed by atoms with Gasteiger partial charge in [-0.2, -0.15) is 0 Å². The molecule has 0 bridgehead atoms. The van der Waals surface area contributed by atoms with Crippen molar-refractivity contribution in [1.82, 2.24) is 0 Å². The molecule has 2 aromatic carbocycles. The second-order valence-corrected chi connectivity index (χ2v) is 5.85. The Kier molecular flexibility index (Phi) is 3.70. The van der Waals surface area contributed by atoms with E-state index in [0.717, 1.165) is 0 Å². The first-order valence-electron chi connectivity index (χ1n) is 5.18.